The van der Waals surface area contributed by atoms with Gasteiger partial charge in [0.2, 0.25) is 5.24 Å². The van der Waals surface area contributed by atoms with Gasteiger partial charge in [-0.1, -0.05) is 0 Å². The number of hydroxylamine groups is 3. The third kappa shape index (κ3) is 1.26. The van der Waals surface area contributed by atoms with E-state index in [2.05, 4.69) is 0 Å². The molecule has 1 unspecified atom stereocenters. The second-order valence-corrected chi connectivity index (χ2v) is 4.31. The first-order valence-electron chi connectivity index (χ1n) is 4.37. The van der Waals surface area contributed by atoms with Gasteiger partial charge in [0.05, 0.1) is 25.6 Å². The number of piperidine rings is 3. The number of carbonyl (C=O) groups excluding carboxylic acids is 1. The molecule has 3 rings (SSSR count). The molecule has 0 aliphatic carbocycles. The SMILES string of the molecule is O=C(Cl)C1C[N+]2([O-])CCC1CC2. The van der Waals surface area contributed by atoms with Crippen LogP contribution < -0.4 is 0 Å². The molecular weight excluding hydrogens is 178 g/mol. The standard InChI is InChI=1S/C8H12ClNO2/c9-8(11)7-5-10(12)3-1-6(7)2-4-10/h6-7H,1-5H2. The average Bonchev–Trinajstić information content (AvgIpc) is 2.04. The smallest absolute Gasteiger partial charge is 0.230 e. The van der Waals surface area contributed by atoms with E-state index in [4.69, 9.17) is 11.6 Å². The monoisotopic (exact) mass is 189 g/mol. The minimum Gasteiger partial charge on any atom is -0.633 e. The van der Waals surface area contributed by atoms with Crippen LogP contribution in [0.1, 0.15) is 12.8 Å². The third-order valence-electron chi connectivity index (χ3n) is 3.20. The molecule has 3 aliphatic heterocycles. The summed E-state index contributed by atoms with van der Waals surface area (Å²) in [5.74, 6) is 0.232. The summed E-state index contributed by atoms with van der Waals surface area (Å²) in [6, 6.07) is 0. The molecule has 0 aromatic carbocycles. The molecule has 12 heavy (non-hydrogen) atoms. The molecule has 3 heterocycles. The van der Waals surface area contributed by atoms with Crippen LogP contribution in [-0.4, -0.2) is 29.5 Å². The van der Waals surface area contributed by atoms with Crippen LogP contribution in [0.3, 0.4) is 0 Å². The number of rotatable bonds is 1. The Morgan fingerprint density at radius 1 is 1.42 bits per heavy atom. The first-order valence-corrected chi connectivity index (χ1v) is 4.75. The van der Waals surface area contributed by atoms with Gasteiger partial charge in [-0.05, 0) is 17.5 Å². The molecular formula is C8H12ClNO2. The van der Waals surface area contributed by atoms with Crippen molar-refractivity contribution in [2.24, 2.45) is 11.8 Å². The van der Waals surface area contributed by atoms with Gasteiger partial charge in [-0.2, -0.15) is 0 Å². The third-order valence-corrected chi connectivity index (χ3v) is 3.49. The Balaban J connectivity index is 2.16. The minimum atomic E-state index is -0.308. The molecule has 3 saturated heterocycles. The average molecular weight is 190 g/mol. The molecule has 0 amide bonds. The highest BCUT2D eigenvalue weighted by Gasteiger charge is 2.43. The van der Waals surface area contributed by atoms with E-state index in [-0.39, 0.29) is 15.8 Å². The van der Waals surface area contributed by atoms with Crippen molar-refractivity contribution in [2.75, 3.05) is 19.6 Å². The highest BCUT2D eigenvalue weighted by atomic mass is 35.5. The number of hydrogen-bond acceptors (Lipinski definition) is 2. The lowest BCUT2D eigenvalue weighted by Gasteiger charge is -2.54. The van der Waals surface area contributed by atoms with Crippen molar-refractivity contribution in [1.82, 2.24) is 0 Å². The molecule has 68 valence electrons. The van der Waals surface area contributed by atoms with Crippen LogP contribution in [0.15, 0.2) is 0 Å². The second-order valence-electron chi connectivity index (χ2n) is 3.94. The number of hydrogen-bond donors (Lipinski definition) is 0. The molecule has 0 saturated carbocycles. The van der Waals surface area contributed by atoms with E-state index in [0.717, 1.165) is 12.8 Å². The number of fused-ring (bicyclic) bond motifs is 3. The van der Waals surface area contributed by atoms with Crippen LogP contribution in [-0.2, 0) is 4.79 Å². The molecule has 3 nitrogen and oxygen atoms in total. The van der Waals surface area contributed by atoms with Gasteiger partial charge in [0, 0.05) is 12.8 Å². The van der Waals surface area contributed by atoms with Crippen LogP contribution in [0, 0.1) is 17.0 Å². The Labute approximate surface area is 76.5 Å². The van der Waals surface area contributed by atoms with Gasteiger partial charge < -0.3 is 9.85 Å². The van der Waals surface area contributed by atoms with E-state index < -0.39 is 0 Å². The first kappa shape index (κ1) is 8.48. The van der Waals surface area contributed by atoms with E-state index in [0.29, 0.717) is 25.6 Å². The molecule has 4 heteroatoms. The number of nitrogens with zero attached hydrogens (tertiary/aromatic N) is 1. The van der Waals surface area contributed by atoms with Crippen molar-refractivity contribution in [3.8, 4) is 0 Å². The van der Waals surface area contributed by atoms with Crippen LogP contribution >= 0.6 is 11.6 Å². The Kier molecular flexibility index (Phi) is 1.90. The van der Waals surface area contributed by atoms with Gasteiger partial charge in [-0.15, -0.1) is 0 Å². The van der Waals surface area contributed by atoms with E-state index in [1.54, 1.807) is 0 Å². The number of quaternary nitrogens is 1. The van der Waals surface area contributed by atoms with Gasteiger partial charge in [0.1, 0.15) is 0 Å². The molecule has 0 N–H and O–H groups in total. The summed E-state index contributed by atoms with van der Waals surface area (Å²) in [6.45, 7) is 1.80. The summed E-state index contributed by atoms with van der Waals surface area (Å²) in [6.07, 6.45) is 1.76. The highest BCUT2D eigenvalue weighted by Crippen LogP contribution is 2.37. The van der Waals surface area contributed by atoms with E-state index >= 15 is 0 Å². The Hall–Kier alpha value is -0.120. The summed E-state index contributed by atoms with van der Waals surface area (Å²) in [5, 5.41) is 11.5. The maximum atomic E-state index is 11.8. The summed E-state index contributed by atoms with van der Waals surface area (Å²) in [4.78, 5) is 10.9. The Morgan fingerprint density at radius 3 is 2.33 bits per heavy atom. The summed E-state index contributed by atoms with van der Waals surface area (Å²) < 4.78 is -0.181. The quantitative estimate of drug-likeness (QED) is 0.352. The minimum absolute atomic E-state index is 0.160. The number of carbonyl (C=O) groups is 1. The zero-order valence-electron chi connectivity index (χ0n) is 6.83. The molecule has 0 radical (unpaired) electrons. The summed E-state index contributed by atoms with van der Waals surface area (Å²) >= 11 is 5.42. The second kappa shape index (κ2) is 2.69. The van der Waals surface area contributed by atoms with Crippen LogP contribution in [0.2, 0.25) is 0 Å². The fourth-order valence-corrected chi connectivity index (χ4v) is 2.66. The van der Waals surface area contributed by atoms with Crippen molar-refractivity contribution < 1.29 is 9.44 Å². The van der Waals surface area contributed by atoms with Crippen LogP contribution in [0.25, 0.3) is 0 Å². The predicted octanol–water partition coefficient (Wildman–Crippen LogP) is 1.11. The van der Waals surface area contributed by atoms with E-state index in [1.807, 2.05) is 0 Å². The topological polar surface area (TPSA) is 40.1 Å². The fraction of sp³-hybridized carbons (Fsp3) is 0.875. The lowest BCUT2D eigenvalue weighted by atomic mass is 9.79. The Bertz CT molecular complexity index is 211. The summed E-state index contributed by atoms with van der Waals surface area (Å²) in [5.41, 5.74) is 0. The lowest BCUT2D eigenvalue weighted by Crippen LogP contribution is -2.59. The summed E-state index contributed by atoms with van der Waals surface area (Å²) in [7, 11) is 0. The maximum absolute atomic E-state index is 11.8. The molecule has 3 fully saturated rings. The lowest BCUT2D eigenvalue weighted by molar-refractivity contribution is -0.899. The zero-order chi connectivity index (χ0) is 8.77. The molecule has 0 aromatic heterocycles. The Morgan fingerprint density at radius 2 is 2.00 bits per heavy atom. The molecule has 2 bridgehead atoms. The van der Waals surface area contributed by atoms with Crippen LogP contribution in [0.4, 0.5) is 0 Å². The highest BCUT2D eigenvalue weighted by molar-refractivity contribution is 6.64. The van der Waals surface area contributed by atoms with Gasteiger partial charge in [-0.3, -0.25) is 4.79 Å². The molecule has 1 atom stereocenters. The molecule has 3 aliphatic rings. The van der Waals surface area contributed by atoms with Crippen molar-refractivity contribution in [2.45, 2.75) is 12.8 Å². The predicted molar refractivity (Wildman–Crippen MR) is 45.3 cm³/mol. The number of halogens is 1. The van der Waals surface area contributed by atoms with Gasteiger partial charge >= 0.3 is 0 Å². The molecule has 0 spiro atoms. The van der Waals surface area contributed by atoms with E-state index in [1.165, 1.54) is 0 Å². The van der Waals surface area contributed by atoms with Crippen LogP contribution in [0.5, 0.6) is 0 Å². The fourth-order valence-electron chi connectivity index (χ4n) is 2.41. The normalized spacial score (nSPS) is 46.2. The van der Waals surface area contributed by atoms with Crippen molar-refractivity contribution >= 4 is 16.8 Å². The maximum Gasteiger partial charge on any atom is 0.230 e. The van der Waals surface area contributed by atoms with Gasteiger partial charge in [0.25, 0.3) is 0 Å². The zero-order valence-corrected chi connectivity index (χ0v) is 7.59. The largest absolute Gasteiger partial charge is 0.633 e. The van der Waals surface area contributed by atoms with E-state index in [9.17, 15) is 10.0 Å². The van der Waals surface area contributed by atoms with Gasteiger partial charge in [0.15, 0.2) is 0 Å². The first-order chi connectivity index (χ1) is 5.61. The van der Waals surface area contributed by atoms with Gasteiger partial charge in [-0.25, -0.2) is 0 Å². The van der Waals surface area contributed by atoms with Crippen molar-refractivity contribution in [3.63, 3.8) is 0 Å². The van der Waals surface area contributed by atoms with Crippen molar-refractivity contribution in [1.29, 1.82) is 0 Å². The van der Waals surface area contributed by atoms with Crippen molar-refractivity contribution in [3.05, 3.63) is 5.21 Å². The molecule has 0 aromatic rings.